The van der Waals surface area contributed by atoms with Gasteiger partial charge in [-0.3, -0.25) is 0 Å². The maximum absolute atomic E-state index is 12.2. The summed E-state index contributed by atoms with van der Waals surface area (Å²) in [6, 6.07) is 30.6. The summed E-state index contributed by atoms with van der Waals surface area (Å²) >= 11 is 1.38. The molecule has 0 atom stereocenters. The van der Waals surface area contributed by atoms with Crippen molar-refractivity contribution in [2.45, 2.75) is 5.54 Å². The van der Waals surface area contributed by atoms with Crippen LogP contribution in [0.2, 0.25) is 0 Å². The highest BCUT2D eigenvalue weighted by atomic mass is 32.1. The van der Waals surface area contributed by atoms with Crippen LogP contribution in [0.1, 0.15) is 22.4 Å². The molecule has 0 saturated heterocycles. The Morgan fingerprint density at radius 1 is 0.848 bits per heavy atom. The van der Waals surface area contributed by atoms with Crippen molar-refractivity contribution in [2.75, 3.05) is 19.5 Å². The highest BCUT2D eigenvalue weighted by Gasteiger charge is 2.37. The normalized spacial score (nSPS) is 11.6. The molecule has 0 saturated carbocycles. The summed E-state index contributed by atoms with van der Waals surface area (Å²) in [5.41, 5.74) is 2.82. The maximum atomic E-state index is 12.2. The number of oxime groups is 1. The molecule has 7 heteroatoms. The van der Waals surface area contributed by atoms with Crippen LogP contribution in [0.25, 0.3) is 0 Å². The number of nitrogens with zero attached hydrogens (tertiary/aromatic N) is 2. The zero-order valence-corrected chi connectivity index (χ0v) is 19.1. The first-order chi connectivity index (χ1) is 16.2. The third kappa shape index (κ3) is 4.49. The van der Waals surface area contributed by atoms with Crippen LogP contribution in [0, 0.1) is 0 Å². The molecule has 1 aromatic heterocycles. The molecule has 3 aromatic carbocycles. The van der Waals surface area contributed by atoms with E-state index in [1.165, 1.54) is 25.6 Å². The summed E-state index contributed by atoms with van der Waals surface area (Å²) in [6.07, 6.45) is 0. The zero-order valence-electron chi connectivity index (χ0n) is 18.3. The van der Waals surface area contributed by atoms with Gasteiger partial charge in [0.2, 0.25) is 5.71 Å². The van der Waals surface area contributed by atoms with Gasteiger partial charge >= 0.3 is 5.97 Å². The lowest BCUT2D eigenvalue weighted by molar-refractivity contribution is -0.132. The summed E-state index contributed by atoms with van der Waals surface area (Å²) in [5.74, 6) is -0.617. The molecule has 0 fully saturated rings. The molecule has 0 aliphatic heterocycles. The van der Waals surface area contributed by atoms with Crippen molar-refractivity contribution < 1.29 is 14.4 Å². The van der Waals surface area contributed by atoms with E-state index >= 15 is 0 Å². The van der Waals surface area contributed by atoms with Gasteiger partial charge in [-0.1, -0.05) is 96.2 Å². The first-order valence-electron chi connectivity index (χ1n) is 10.3. The number of aromatic nitrogens is 1. The van der Waals surface area contributed by atoms with Crippen LogP contribution in [-0.4, -0.2) is 30.9 Å². The van der Waals surface area contributed by atoms with Crippen molar-refractivity contribution >= 4 is 28.1 Å². The Bertz CT molecular complexity index is 1130. The fourth-order valence-corrected chi connectivity index (χ4v) is 4.51. The molecular weight excluding hydrogens is 434 g/mol. The van der Waals surface area contributed by atoms with Gasteiger partial charge in [0.05, 0.1) is 7.11 Å². The Morgan fingerprint density at radius 3 is 1.76 bits per heavy atom. The van der Waals surface area contributed by atoms with Gasteiger partial charge in [0, 0.05) is 5.38 Å². The molecule has 4 aromatic rings. The maximum Gasteiger partial charge on any atom is 0.362 e. The average Bonchev–Trinajstić information content (AvgIpc) is 3.35. The quantitative estimate of drug-likeness (QED) is 0.173. The van der Waals surface area contributed by atoms with Crippen molar-refractivity contribution in [1.29, 1.82) is 0 Å². The number of benzene rings is 3. The molecule has 0 amide bonds. The van der Waals surface area contributed by atoms with E-state index in [1.54, 1.807) is 5.38 Å². The number of methoxy groups -OCH3 is 1. The Labute approximate surface area is 196 Å². The predicted molar refractivity (Wildman–Crippen MR) is 131 cm³/mol. The van der Waals surface area contributed by atoms with Crippen molar-refractivity contribution in [3.63, 3.8) is 0 Å². The number of esters is 1. The van der Waals surface area contributed by atoms with Gasteiger partial charge in [-0.15, -0.1) is 11.3 Å². The fourth-order valence-electron chi connectivity index (χ4n) is 3.76. The van der Waals surface area contributed by atoms with Gasteiger partial charge in [-0.05, 0) is 16.7 Å². The third-order valence-electron chi connectivity index (χ3n) is 5.22. The number of nitrogens with one attached hydrogen (secondary N) is 1. The van der Waals surface area contributed by atoms with E-state index in [0.29, 0.717) is 10.8 Å². The van der Waals surface area contributed by atoms with E-state index in [9.17, 15) is 4.79 Å². The summed E-state index contributed by atoms with van der Waals surface area (Å²) in [5, 5.41) is 9.86. The summed E-state index contributed by atoms with van der Waals surface area (Å²) < 4.78 is 4.83. The molecule has 0 radical (unpaired) electrons. The van der Waals surface area contributed by atoms with Crippen LogP contribution in [0.4, 0.5) is 5.13 Å². The molecule has 4 rings (SSSR count). The van der Waals surface area contributed by atoms with Gasteiger partial charge < -0.3 is 14.9 Å². The second kappa shape index (κ2) is 10.1. The van der Waals surface area contributed by atoms with Crippen molar-refractivity contribution in [3.05, 3.63) is 119 Å². The topological polar surface area (TPSA) is 72.8 Å². The number of carbonyl (C=O) groups is 1. The van der Waals surface area contributed by atoms with Gasteiger partial charge in [0.15, 0.2) is 5.13 Å². The minimum atomic E-state index is -0.720. The van der Waals surface area contributed by atoms with E-state index in [1.807, 2.05) is 54.6 Å². The highest BCUT2D eigenvalue weighted by molar-refractivity contribution is 7.14. The van der Waals surface area contributed by atoms with Crippen LogP contribution in [0.5, 0.6) is 0 Å². The van der Waals surface area contributed by atoms with E-state index in [0.717, 1.165) is 16.7 Å². The van der Waals surface area contributed by atoms with Crippen LogP contribution in [0.15, 0.2) is 102 Å². The lowest BCUT2D eigenvalue weighted by atomic mass is 9.77. The van der Waals surface area contributed by atoms with Crippen LogP contribution in [-0.2, 0) is 19.9 Å². The smallest absolute Gasteiger partial charge is 0.362 e. The molecule has 1 N–H and O–H groups in total. The Balaban J connectivity index is 1.88. The van der Waals surface area contributed by atoms with Gasteiger partial charge in [-0.25, -0.2) is 9.78 Å². The van der Waals surface area contributed by atoms with E-state index in [4.69, 9.17) is 9.57 Å². The van der Waals surface area contributed by atoms with Gasteiger partial charge in [0.1, 0.15) is 18.3 Å². The van der Waals surface area contributed by atoms with Crippen molar-refractivity contribution in [1.82, 2.24) is 4.98 Å². The fraction of sp³-hybridized carbons (Fsp3) is 0.115. The van der Waals surface area contributed by atoms with Crippen molar-refractivity contribution in [2.24, 2.45) is 5.16 Å². The zero-order chi connectivity index (χ0) is 23.1. The largest absolute Gasteiger partial charge is 0.464 e. The number of anilines is 1. The van der Waals surface area contributed by atoms with Gasteiger partial charge in [-0.2, -0.15) is 0 Å². The summed E-state index contributed by atoms with van der Waals surface area (Å²) in [6.45, 7) is 0. The minimum absolute atomic E-state index is 0.00836. The molecule has 0 bridgehead atoms. The Morgan fingerprint density at radius 2 is 1.33 bits per heavy atom. The molecule has 0 aliphatic rings. The molecule has 166 valence electrons. The third-order valence-corrected chi connectivity index (χ3v) is 5.98. The van der Waals surface area contributed by atoms with Crippen molar-refractivity contribution in [3.8, 4) is 0 Å². The standard InChI is InChI=1S/C26H23N3O3S/c1-31-24(30)23(29-32-2)22-18-33-25(27-22)28-26(19-12-6-3-7-13-19,20-14-8-4-9-15-20)21-16-10-5-11-17-21/h3-18H,1-2H3,(H,27,28)/b29-23-. The lowest BCUT2D eigenvalue weighted by Gasteiger charge is -2.36. The van der Waals surface area contributed by atoms with E-state index in [2.05, 4.69) is 51.9 Å². The molecule has 0 aliphatic carbocycles. The lowest BCUT2D eigenvalue weighted by Crippen LogP contribution is -2.38. The van der Waals surface area contributed by atoms with Crippen LogP contribution >= 0.6 is 11.3 Å². The Hall–Kier alpha value is -3.97. The van der Waals surface area contributed by atoms with Gasteiger partial charge in [0.25, 0.3) is 0 Å². The summed E-state index contributed by atoms with van der Waals surface area (Å²) in [4.78, 5) is 21.7. The van der Waals surface area contributed by atoms with Crippen LogP contribution < -0.4 is 5.32 Å². The second-order valence-corrected chi connectivity index (χ2v) is 7.98. The Kier molecular flexibility index (Phi) is 6.80. The second-order valence-electron chi connectivity index (χ2n) is 7.13. The average molecular weight is 458 g/mol. The number of thiazole rings is 1. The molecule has 1 heterocycles. The van der Waals surface area contributed by atoms with E-state index in [-0.39, 0.29) is 5.71 Å². The first kappa shape index (κ1) is 22.2. The predicted octanol–water partition coefficient (Wildman–Crippen LogP) is 5.07. The molecular formula is C26H23N3O3S. The number of carbonyl (C=O) groups excluding carboxylic acids is 1. The SMILES string of the molecule is CO/N=C(\C(=O)OC)c1csc(NC(c2ccccc2)(c2ccccc2)c2ccccc2)n1. The van der Waals surface area contributed by atoms with Crippen LogP contribution in [0.3, 0.4) is 0 Å². The molecule has 0 spiro atoms. The molecule has 6 nitrogen and oxygen atoms in total. The number of rotatable bonds is 8. The highest BCUT2D eigenvalue weighted by Crippen LogP contribution is 2.40. The minimum Gasteiger partial charge on any atom is -0.464 e. The monoisotopic (exact) mass is 457 g/mol. The van der Waals surface area contributed by atoms with E-state index < -0.39 is 11.5 Å². The molecule has 0 unspecified atom stereocenters. The summed E-state index contributed by atoms with van der Waals surface area (Å²) in [7, 11) is 2.67. The molecule has 33 heavy (non-hydrogen) atoms. The number of hydrogen-bond acceptors (Lipinski definition) is 7. The number of hydrogen-bond donors (Lipinski definition) is 1. The number of ether oxygens (including phenoxy) is 1. The first-order valence-corrected chi connectivity index (χ1v) is 11.2.